The number of pyridine rings is 1. The first-order valence-electron chi connectivity index (χ1n) is 15.8. The first-order chi connectivity index (χ1) is 23.7. The van der Waals surface area contributed by atoms with Crippen molar-refractivity contribution in [1.29, 1.82) is 0 Å². The van der Waals surface area contributed by atoms with Gasteiger partial charge in [-0.05, 0) is 55.0 Å². The zero-order valence-corrected chi connectivity index (χ0v) is 29.6. The molecule has 260 valence electrons. The minimum absolute atomic E-state index is 0.116. The summed E-state index contributed by atoms with van der Waals surface area (Å²) in [5.41, 5.74) is 3.56. The van der Waals surface area contributed by atoms with Gasteiger partial charge in [0, 0.05) is 83.2 Å². The van der Waals surface area contributed by atoms with Crippen molar-refractivity contribution < 1.29 is 28.7 Å². The van der Waals surface area contributed by atoms with E-state index in [2.05, 4.69) is 10.3 Å². The van der Waals surface area contributed by atoms with Crippen LogP contribution in [0, 0.1) is 6.92 Å². The van der Waals surface area contributed by atoms with Gasteiger partial charge in [0.2, 0.25) is 11.8 Å². The number of likely N-dealkylation sites (N-methyl/N-ethyl adjacent to an activating group) is 1. The maximum absolute atomic E-state index is 13.8. The first kappa shape index (κ1) is 36.8. The van der Waals surface area contributed by atoms with E-state index in [9.17, 15) is 24.0 Å². The fourth-order valence-corrected chi connectivity index (χ4v) is 5.09. The molecule has 3 aromatic carbocycles. The van der Waals surface area contributed by atoms with E-state index >= 15 is 0 Å². The lowest BCUT2D eigenvalue weighted by Gasteiger charge is -2.26. The lowest BCUT2D eigenvalue weighted by molar-refractivity contribution is -0.122. The molecule has 5 amide bonds. The van der Waals surface area contributed by atoms with E-state index in [1.54, 1.807) is 90.8 Å². The van der Waals surface area contributed by atoms with E-state index in [4.69, 9.17) is 4.74 Å². The van der Waals surface area contributed by atoms with Crippen LogP contribution in [0.4, 0.5) is 5.69 Å². The van der Waals surface area contributed by atoms with E-state index in [0.29, 0.717) is 28.0 Å². The number of aromatic nitrogens is 1. The van der Waals surface area contributed by atoms with Crippen molar-refractivity contribution >= 4 is 52.2 Å². The van der Waals surface area contributed by atoms with Gasteiger partial charge >= 0.3 is 0 Å². The highest BCUT2D eigenvalue weighted by Gasteiger charge is 2.28. The molecule has 50 heavy (non-hydrogen) atoms. The normalized spacial score (nSPS) is 10.9. The van der Waals surface area contributed by atoms with Crippen molar-refractivity contribution in [3.05, 3.63) is 106 Å². The number of fused-ring (bicyclic) bond motifs is 1. The highest BCUT2D eigenvalue weighted by atomic mass is 16.5. The topological polar surface area (TPSA) is 132 Å². The molecule has 0 aliphatic carbocycles. The number of ether oxygens (including phenoxy) is 1. The molecule has 0 aliphatic rings. The van der Waals surface area contributed by atoms with Gasteiger partial charge in [-0.1, -0.05) is 30.3 Å². The van der Waals surface area contributed by atoms with Gasteiger partial charge < -0.3 is 29.7 Å². The maximum atomic E-state index is 13.8. The lowest BCUT2D eigenvalue weighted by atomic mass is 9.96. The Labute approximate surface area is 291 Å². The summed E-state index contributed by atoms with van der Waals surface area (Å²) in [5.74, 6) is -1.46. The molecular formula is C38H42N6O6. The number of benzene rings is 3. The van der Waals surface area contributed by atoms with E-state index in [1.807, 2.05) is 31.2 Å². The summed E-state index contributed by atoms with van der Waals surface area (Å²) >= 11 is 0. The van der Waals surface area contributed by atoms with Gasteiger partial charge in [-0.15, -0.1) is 0 Å². The number of aryl methyl sites for hydroxylation is 1. The summed E-state index contributed by atoms with van der Waals surface area (Å²) < 4.78 is 6.28. The van der Waals surface area contributed by atoms with Crippen LogP contribution < -0.4 is 15.0 Å². The number of nitrogens with one attached hydrogen (secondary N) is 1. The van der Waals surface area contributed by atoms with Crippen molar-refractivity contribution in [1.82, 2.24) is 25.0 Å². The van der Waals surface area contributed by atoms with Crippen molar-refractivity contribution in [3.63, 3.8) is 0 Å². The van der Waals surface area contributed by atoms with E-state index in [0.717, 1.165) is 11.1 Å². The van der Waals surface area contributed by atoms with Crippen LogP contribution in [0.25, 0.3) is 17.0 Å². The molecule has 0 saturated heterocycles. The molecule has 1 heterocycles. The molecule has 12 nitrogen and oxygen atoms in total. The summed E-state index contributed by atoms with van der Waals surface area (Å²) in [6.45, 7) is 1.35. The van der Waals surface area contributed by atoms with Crippen LogP contribution in [0.1, 0.15) is 47.9 Å². The molecule has 1 N–H and O–H groups in total. The summed E-state index contributed by atoms with van der Waals surface area (Å²) in [4.78, 5) is 75.5. The first-order valence-corrected chi connectivity index (χ1v) is 15.8. The predicted octanol–water partition coefficient (Wildman–Crippen LogP) is 4.02. The third-order valence-corrected chi connectivity index (χ3v) is 7.88. The van der Waals surface area contributed by atoms with Gasteiger partial charge in [-0.3, -0.25) is 24.0 Å². The highest BCUT2D eigenvalue weighted by molar-refractivity contribution is 6.09. The number of carbonyl (C=O) groups excluding carboxylic acids is 5. The van der Waals surface area contributed by atoms with Gasteiger partial charge in [0.1, 0.15) is 17.9 Å². The number of amides is 5. The SMILES string of the molecule is Cc1ccc2cccc(OCc3c(C(=O)N(C)C)ccc(N(C)C(=O)CNC(=O)/C=C/c4ccc(C(=O)N(C)C)cc4)c3C(=O)N(C)C)c2n1. The Bertz CT molecular complexity index is 1970. The lowest BCUT2D eigenvalue weighted by Crippen LogP contribution is -2.39. The van der Waals surface area contributed by atoms with E-state index in [-0.39, 0.29) is 41.8 Å². The average molecular weight is 679 g/mol. The van der Waals surface area contributed by atoms with Crippen LogP contribution in [-0.2, 0) is 16.2 Å². The average Bonchev–Trinajstić information content (AvgIpc) is 3.10. The van der Waals surface area contributed by atoms with Crippen LogP contribution in [0.5, 0.6) is 5.75 Å². The molecule has 4 aromatic rings. The molecule has 0 unspecified atom stereocenters. The molecule has 0 aliphatic heterocycles. The van der Waals surface area contributed by atoms with Gasteiger partial charge in [0.15, 0.2) is 0 Å². The van der Waals surface area contributed by atoms with Gasteiger partial charge in [-0.25, -0.2) is 4.98 Å². The summed E-state index contributed by atoms with van der Waals surface area (Å²) in [5, 5.41) is 3.45. The number of para-hydroxylation sites is 1. The molecule has 0 bridgehead atoms. The number of carbonyl (C=O) groups is 5. The van der Waals surface area contributed by atoms with Crippen LogP contribution >= 0.6 is 0 Å². The van der Waals surface area contributed by atoms with Crippen molar-refractivity contribution in [2.24, 2.45) is 0 Å². The van der Waals surface area contributed by atoms with Crippen molar-refractivity contribution in [2.75, 3.05) is 60.8 Å². The fraction of sp³-hybridized carbons (Fsp3) is 0.263. The smallest absolute Gasteiger partial charge is 0.255 e. The van der Waals surface area contributed by atoms with Crippen LogP contribution in [0.15, 0.2) is 72.8 Å². The fourth-order valence-electron chi connectivity index (χ4n) is 5.09. The molecule has 0 spiro atoms. The van der Waals surface area contributed by atoms with Crippen LogP contribution in [-0.4, -0.2) is 105 Å². The molecule has 0 atom stereocenters. The molecule has 0 radical (unpaired) electrons. The third kappa shape index (κ3) is 8.51. The number of nitrogens with zero attached hydrogens (tertiary/aromatic N) is 5. The number of rotatable bonds is 11. The number of hydrogen-bond donors (Lipinski definition) is 1. The Morgan fingerprint density at radius 2 is 1.42 bits per heavy atom. The number of hydrogen-bond acceptors (Lipinski definition) is 7. The Morgan fingerprint density at radius 1 is 0.760 bits per heavy atom. The quantitative estimate of drug-likeness (QED) is 0.237. The summed E-state index contributed by atoms with van der Waals surface area (Å²) in [6, 6.07) is 19.2. The van der Waals surface area contributed by atoms with Gasteiger partial charge in [-0.2, -0.15) is 0 Å². The largest absolute Gasteiger partial charge is 0.487 e. The third-order valence-electron chi connectivity index (χ3n) is 7.88. The zero-order chi connectivity index (χ0) is 36.7. The second-order valence-corrected chi connectivity index (χ2v) is 12.3. The Morgan fingerprint density at radius 3 is 2.06 bits per heavy atom. The maximum Gasteiger partial charge on any atom is 0.255 e. The van der Waals surface area contributed by atoms with E-state index < -0.39 is 17.7 Å². The molecule has 12 heteroatoms. The number of anilines is 1. The molecule has 0 saturated carbocycles. The monoisotopic (exact) mass is 678 g/mol. The van der Waals surface area contributed by atoms with Gasteiger partial charge in [0.05, 0.1) is 17.8 Å². The summed E-state index contributed by atoms with van der Waals surface area (Å²) in [6.07, 6.45) is 2.86. The Hall–Kier alpha value is -6.04. The standard InChI is InChI=1S/C38H42N6O6/c1-24-12-16-26-10-9-11-31(35(26)40-24)50-23-29-28(37(48)42(4)5)19-20-30(34(29)38(49)43(6)7)44(8)33(46)22-39-32(45)21-15-25-13-17-27(18-14-25)36(47)41(2)3/h9-21H,22-23H2,1-8H3,(H,39,45)/b21-15+. The molecule has 4 rings (SSSR count). The minimum Gasteiger partial charge on any atom is -0.487 e. The van der Waals surface area contributed by atoms with Crippen LogP contribution in [0.3, 0.4) is 0 Å². The zero-order valence-electron chi connectivity index (χ0n) is 29.6. The van der Waals surface area contributed by atoms with Gasteiger partial charge in [0.25, 0.3) is 17.7 Å². The molecular weight excluding hydrogens is 636 g/mol. The van der Waals surface area contributed by atoms with Crippen LogP contribution in [0.2, 0.25) is 0 Å². The Balaban J connectivity index is 1.61. The highest BCUT2D eigenvalue weighted by Crippen LogP contribution is 2.31. The predicted molar refractivity (Wildman–Crippen MR) is 193 cm³/mol. The summed E-state index contributed by atoms with van der Waals surface area (Å²) in [7, 11) is 11.2. The Kier molecular flexibility index (Phi) is 11.7. The second kappa shape index (κ2) is 15.9. The van der Waals surface area contributed by atoms with Crippen molar-refractivity contribution in [2.45, 2.75) is 13.5 Å². The molecule has 0 fully saturated rings. The van der Waals surface area contributed by atoms with E-state index in [1.165, 1.54) is 32.7 Å². The second-order valence-electron chi connectivity index (χ2n) is 12.3. The molecule has 1 aromatic heterocycles. The minimum atomic E-state index is -0.510. The van der Waals surface area contributed by atoms with Crippen molar-refractivity contribution in [3.8, 4) is 5.75 Å².